The molecule has 46 heavy (non-hydrogen) atoms. The number of carbonyl (C=O) groups is 2. The number of nitrogens with one attached hydrogen (secondary N) is 1. The average Bonchev–Trinajstić information content (AvgIpc) is 3.06. The zero-order chi connectivity index (χ0) is 33.3. The van der Waals surface area contributed by atoms with Crippen molar-refractivity contribution in [3.63, 3.8) is 0 Å². The predicted octanol–water partition coefficient (Wildman–Crippen LogP) is 5.37. The van der Waals surface area contributed by atoms with Crippen molar-refractivity contribution in [2.45, 2.75) is 50.7 Å². The third kappa shape index (κ3) is 8.25. The zero-order valence-corrected chi connectivity index (χ0v) is 27.7. The Labute approximate surface area is 271 Å². The molecule has 2 amide bonds. The van der Waals surface area contributed by atoms with Crippen molar-refractivity contribution >= 4 is 27.5 Å². The number of benzene rings is 4. The van der Waals surface area contributed by atoms with E-state index in [1.165, 1.54) is 37.3 Å². The molecule has 0 aliphatic heterocycles. The van der Waals surface area contributed by atoms with Crippen LogP contribution in [0.4, 0.5) is 5.69 Å². The minimum absolute atomic E-state index is 0.0781. The van der Waals surface area contributed by atoms with Crippen LogP contribution in [0, 0.1) is 6.92 Å². The summed E-state index contributed by atoms with van der Waals surface area (Å²) in [6.07, 6.45) is 0.241. The quantitative estimate of drug-likeness (QED) is 0.198. The van der Waals surface area contributed by atoms with Gasteiger partial charge in [0.1, 0.15) is 12.6 Å². The maximum absolute atomic E-state index is 14.6. The topological polar surface area (TPSA) is 105 Å². The first-order valence-corrected chi connectivity index (χ1v) is 16.5. The van der Waals surface area contributed by atoms with E-state index in [0.29, 0.717) is 11.4 Å². The van der Waals surface area contributed by atoms with Gasteiger partial charge in [-0.3, -0.25) is 13.9 Å². The van der Waals surface area contributed by atoms with Crippen molar-refractivity contribution in [3.05, 3.63) is 120 Å². The molecule has 0 fully saturated rings. The normalized spacial score (nSPS) is 11.9. The fraction of sp³-hybridized carbons (Fsp3) is 0.278. The molecule has 0 aliphatic rings. The minimum atomic E-state index is -4.30. The van der Waals surface area contributed by atoms with E-state index in [1.54, 1.807) is 30.3 Å². The number of hydrogen-bond donors (Lipinski definition) is 1. The maximum atomic E-state index is 14.6. The second-order valence-corrected chi connectivity index (χ2v) is 13.0. The molecule has 4 aromatic carbocycles. The summed E-state index contributed by atoms with van der Waals surface area (Å²) in [6, 6.07) is 28.7. The Kier molecular flexibility index (Phi) is 11.4. The number of nitrogens with zero attached hydrogens (tertiary/aromatic N) is 2. The van der Waals surface area contributed by atoms with Gasteiger partial charge in [-0.1, -0.05) is 72.8 Å². The third-order valence-corrected chi connectivity index (χ3v) is 9.34. The Morgan fingerprint density at radius 2 is 1.41 bits per heavy atom. The Bertz CT molecular complexity index is 1730. The van der Waals surface area contributed by atoms with Gasteiger partial charge in [0.05, 0.1) is 24.8 Å². The standard InChI is InChI=1S/C36H41N3O6S/c1-26(2)37-36(41)32(22-28-15-8-6-9-16-28)38(24-29-17-13-12-14-27(29)3)35(40)25-39(30-18-10-7-11-19-30)46(42,43)31-20-21-33(44-4)34(23-31)45-5/h6-21,23,26,32H,22,24-25H2,1-5H3,(H,37,41)/t32-/m0/s1. The molecule has 0 heterocycles. The van der Waals surface area contributed by atoms with Crippen LogP contribution in [-0.4, -0.2) is 58.0 Å². The van der Waals surface area contributed by atoms with Crippen LogP contribution in [-0.2, 0) is 32.6 Å². The van der Waals surface area contributed by atoms with Crippen molar-refractivity contribution in [3.8, 4) is 11.5 Å². The predicted molar refractivity (Wildman–Crippen MR) is 179 cm³/mol. The van der Waals surface area contributed by atoms with Crippen LogP contribution in [0.2, 0.25) is 0 Å². The summed E-state index contributed by atoms with van der Waals surface area (Å²) in [5, 5.41) is 2.97. The second-order valence-electron chi connectivity index (χ2n) is 11.2. The van der Waals surface area contributed by atoms with Crippen LogP contribution in [0.3, 0.4) is 0 Å². The molecule has 0 spiro atoms. The summed E-state index contributed by atoms with van der Waals surface area (Å²) in [5.74, 6) is -0.253. The molecule has 0 bridgehead atoms. The number of anilines is 1. The number of para-hydroxylation sites is 1. The number of rotatable bonds is 14. The molecule has 0 radical (unpaired) electrons. The molecule has 9 nitrogen and oxygen atoms in total. The average molecular weight is 644 g/mol. The molecular weight excluding hydrogens is 602 g/mol. The molecule has 0 aliphatic carbocycles. The minimum Gasteiger partial charge on any atom is -0.493 e. The highest BCUT2D eigenvalue weighted by molar-refractivity contribution is 7.92. The number of carbonyl (C=O) groups excluding carboxylic acids is 2. The van der Waals surface area contributed by atoms with Crippen LogP contribution in [0.5, 0.6) is 11.5 Å². The van der Waals surface area contributed by atoms with Crippen molar-refractivity contribution in [2.24, 2.45) is 0 Å². The lowest BCUT2D eigenvalue weighted by Gasteiger charge is -2.34. The largest absolute Gasteiger partial charge is 0.493 e. The van der Waals surface area contributed by atoms with Gasteiger partial charge in [-0.05, 0) is 61.7 Å². The van der Waals surface area contributed by atoms with E-state index < -0.39 is 28.5 Å². The summed E-state index contributed by atoms with van der Waals surface area (Å²) >= 11 is 0. The van der Waals surface area contributed by atoms with E-state index >= 15 is 0 Å². The van der Waals surface area contributed by atoms with Crippen LogP contribution in [0.25, 0.3) is 0 Å². The summed E-state index contributed by atoms with van der Waals surface area (Å²) in [4.78, 5) is 29.8. The fourth-order valence-electron chi connectivity index (χ4n) is 5.13. The van der Waals surface area contributed by atoms with Crippen LogP contribution >= 0.6 is 0 Å². The Morgan fingerprint density at radius 3 is 2.02 bits per heavy atom. The Balaban J connectivity index is 1.82. The van der Waals surface area contributed by atoms with Gasteiger partial charge < -0.3 is 19.7 Å². The molecule has 1 N–H and O–H groups in total. The van der Waals surface area contributed by atoms with Crippen molar-refractivity contribution in [2.75, 3.05) is 25.1 Å². The van der Waals surface area contributed by atoms with Crippen LogP contribution in [0.1, 0.15) is 30.5 Å². The van der Waals surface area contributed by atoms with Gasteiger partial charge >= 0.3 is 0 Å². The number of methoxy groups -OCH3 is 2. The van der Waals surface area contributed by atoms with E-state index in [1.807, 2.05) is 75.4 Å². The van der Waals surface area contributed by atoms with Crippen molar-refractivity contribution in [1.29, 1.82) is 0 Å². The first-order valence-electron chi connectivity index (χ1n) is 15.0. The lowest BCUT2D eigenvalue weighted by atomic mass is 10.0. The highest BCUT2D eigenvalue weighted by Crippen LogP contribution is 2.32. The molecular formula is C36H41N3O6S. The van der Waals surface area contributed by atoms with Gasteiger partial charge in [0.25, 0.3) is 10.0 Å². The Morgan fingerprint density at radius 1 is 0.804 bits per heavy atom. The Hall–Kier alpha value is -4.83. The summed E-state index contributed by atoms with van der Waals surface area (Å²) in [6.45, 7) is 5.21. The molecule has 0 saturated carbocycles. The van der Waals surface area contributed by atoms with E-state index in [4.69, 9.17) is 9.47 Å². The summed E-state index contributed by atoms with van der Waals surface area (Å²) in [5.41, 5.74) is 2.96. The van der Waals surface area contributed by atoms with Crippen LogP contribution in [0.15, 0.2) is 108 Å². The summed E-state index contributed by atoms with van der Waals surface area (Å²) < 4.78 is 40.3. The molecule has 1 atom stereocenters. The number of sulfonamides is 1. The van der Waals surface area contributed by atoms with Crippen molar-refractivity contribution < 1.29 is 27.5 Å². The number of amides is 2. The molecule has 0 unspecified atom stereocenters. The lowest BCUT2D eigenvalue weighted by molar-refractivity contribution is -0.140. The van der Waals surface area contributed by atoms with E-state index in [0.717, 1.165) is 21.0 Å². The third-order valence-electron chi connectivity index (χ3n) is 7.57. The molecule has 242 valence electrons. The monoisotopic (exact) mass is 643 g/mol. The van der Waals surface area contributed by atoms with Gasteiger partial charge in [0.2, 0.25) is 11.8 Å². The van der Waals surface area contributed by atoms with Crippen molar-refractivity contribution in [1.82, 2.24) is 10.2 Å². The second kappa shape index (κ2) is 15.4. The van der Waals surface area contributed by atoms with E-state index in [2.05, 4.69) is 5.32 Å². The highest BCUT2D eigenvalue weighted by atomic mass is 32.2. The molecule has 10 heteroatoms. The SMILES string of the molecule is COc1ccc(S(=O)(=O)N(CC(=O)N(Cc2ccccc2C)[C@@H](Cc2ccccc2)C(=O)NC(C)C)c2ccccc2)cc1OC. The number of ether oxygens (including phenoxy) is 2. The number of aryl methyl sites for hydroxylation is 1. The van der Waals surface area contributed by atoms with Gasteiger partial charge in [-0.15, -0.1) is 0 Å². The fourth-order valence-corrected chi connectivity index (χ4v) is 6.56. The molecule has 0 saturated heterocycles. The van der Waals surface area contributed by atoms with Gasteiger partial charge in [-0.25, -0.2) is 8.42 Å². The maximum Gasteiger partial charge on any atom is 0.264 e. The number of hydrogen-bond acceptors (Lipinski definition) is 6. The first kappa shape index (κ1) is 34.1. The summed E-state index contributed by atoms with van der Waals surface area (Å²) in [7, 11) is -1.41. The highest BCUT2D eigenvalue weighted by Gasteiger charge is 2.35. The van der Waals surface area contributed by atoms with Crippen LogP contribution < -0.4 is 19.1 Å². The zero-order valence-electron chi connectivity index (χ0n) is 26.8. The van der Waals surface area contributed by atoms with Gasteiger partial charge in [-0.2, -0.15) is 0 Å². The van der Waals surface area contributed by atoms with E-state index in [-0.39, 0.29) is 35.6 Å². The smallest absolute Gasteiger partial charge is 0.264 e. The van der Waals surface area contributed by atoms with Gasteiger partial charge in [0.15, 0.2) is 11.5 Å². The first-order chi connectivity index (χ1) is 22.0. The molecule has 0 aromatic heterocycles. The van der Waals surface area contributed by atoms with E-state index in [9.17, 15) is 18.0 Å². The van der Waals surface area contributed by atoms with Gasteiger partial charge in [0, 0.05) is 25.1 Å². The lowest BCUT2D eigenvalue weighted by Crippen LogP contribution is -2.54. The molecule has 4 aromatic rings. The molecule has 4 rings (SSSR count).